The first-order valence-electron chi connectivity index (χ1n) is 11.7. The molecule has 0 aliphatic heterocycles. The first kappa shape index (κ1) is 28.0. The largest absolute Gasteiger partial charge is 0.339 e. The summed E-state index contributed by atoms with van der Waals surface area (Å²) in [6.07, 6.45) is 0. The number of hydrogen-bond donors (Lipinski definition) is 5. The van der Waals surface area contributed by atoms with E-state index in [0.717, 1.165) is 11.1 Å². The average Bonchev–Trinajstić information content (AvgIpc) is 2.91. The third-order valence-electron chi connectivity index (χ3n) is 5.39. The number of halogens is 1. The number of hydroxylamine groups is 1. The number of carbonyl (C=O) groups excluding carboxylic acids is 3. The number of amides is 3. The first-order valence-corrected chi connectivity index (χ1v) is 11.7. The van der Waals surface area contributed by atoms with Crippen molar-refractivity contribution in [2.24, 2.45) is 5.73 Å². The van der Waals surface area contributed by atoms with Gasteiger partial charge >= 0.3 is 0 Å². The van der Waals surface area contributed by atoms with E-state index in [4.69, 9.17) is 10.9 Å². The van der Waals surface area contributed by atoms with Gasteiger partial charge < -0.3 is 16.4 Å². The molecule has 0 radical (unpaired) electrons. The molecule has 6 N–H and O–H groups in total. The molecule has 0 heterocycles. The number of carbonyl (C=O) groups is 3. The van der Waals surface area contributed by atoms with Crippen LogP contribution in [0.5, 0.6) is 0 Å². The lowest BCUT2D eigenvalue weighted by Gasteiger charge is -2.16. The Morgan fingerprint density at radius 3 is 2.21 bits per heavy atom. The summed E-state index contributed by atoms with van der Waals surface area (Å²) in [5, 5.41) is 14.0. The lowest BCUT2D eigenvalue weighted by atomic mass is 10.1. The van der Waals surface area contributed by atoms with Crippen LogP contribution in [-0.4, -0.2) is 54.0 Å². The molecule has 10 heteroatoms. The molecule has 0 unspecified atom stereocenters. The summed E-state index contributed by atoms with van der Waals surface area (Å²) < 4.78 is 13.3. The summed E-state index contributed by atoms with van der Waals surface area (Å²) in [6, 6.07) is 18.7. The van der Waals surface area contributed by atoms with E-state index in [1.54, 1.807) is 66.5 Å². The number of hydrogen-bond acceptors (Lipinski definition) is 6. The van der Waals surface area contributed by atoms with E-state index in [9.17, 15) is 18.8 Å². The molecule has 0 aliphatic rings. The Labute approximate surface area is 219 Å². The average molecular weight is 518 g/mol. The van der Waals surface area contributed by atoms with Crippen LogP contribution >= 0.6 is 0 Å². The maximum absolute atomic E-state index is 13.3. The molecule has 0 saturated heterocycles. The van der Waals surface area contributed by atoms with Gasteiger partial charge in [-0.15, -0.1) is 0 Å². The van der Waals surface area contributed by atoms with Gasteiger partial charge in [-0.3, -0.25) is 24.5 Å². The summed E-state index contributed by atoms with van der Waals surface area (Å²) in [7, 11) is 1.79. The zero-order chi connectivity index (χ0) is 27.5. The number of rotatable bonds is 9. The highest BCUT2D eigenvalue weighted by Gasteiger charge is 2.19. The number of likely N-dealkylation sites (N-methyl/N-ethyl adjacent to an activating group) is 1. The summed E-state index contributed by atoms with van der Waals surface area (Å²) in [6.45, 7) is 0.422. The maximum atomic E-state index is 13.3. The van der Waals surface area contributed by atoms with Crippen molar-refractivity contribution in [1.82, 2.24) is 15.7 Å². The van der Waals surface area contributed by atoms with Gasteiger partial charge in [0.1, 0.15) is 11.9 Å². The van der Waals surface area contributed by atoms with Crippen molar-refractivity contribution in [1.29, 1.82) is 0 Å². The van der Waals surface area contributed by atoms with Crippen LogP contribution < -0.4 is 21.8 Å². The molecule has 3 aromatic rings. The third-order valence-corrected chi connectivity index (χ3v) is 5.39. The third kappa shape index (κ3) is 8.53. The van der Waals surface area contributed by atoms with Crippen LogP contribution in [0.15, 0.2) is 72.8 Å². The number of nitrogens with one attached hydrogen (secondary N) is 3. The number of nitrogens with two attached hydrogens (primary N) is 1. The number of nitrogens with zero attached hydrogens (tertiary/aromatic N) is 1. The van der Waals surface area contributed by atoms with Crippen LogP contribution in [0.2, 0.25) is 0 Å². The van der Waals surface area contributed by atoms with Crippen LogP contribution in [-0.2, 0) is 16.1 Å². The molecule has 1 atom stereocenters. The second-order valence-corrected chi connectivity index (χ2v) is 8.49. The van der Waals surface area contributed by atoms with Crippen LogP contribution in [0.25, 0.3) is 0 Å². The minimum Gasteiger partial charge on any atom is -0.339 e. The summed E-state index contributed by atoms with van der Waals surface area (Å²) >= 11 is 0. The van der Waals surface area contributed by atoms with E-state index in [-0.39, 0.29) is 24.8 Å². The van der Waals surface area contributed by atoms with E-state index in [1.807, 2.05) is 6.07 Å². The molecule has 0 aliphatic carbocycles. The Hall–Kier alpha value is -4.56. The predicted octanol–water partition coefficient (Wildman–Crippen LogP) is 1.86. The SMILES string of the molecule is CN(CC(=O)Nc1ccc(C#Cc2ccc(C(=O)N[C@@H](CN)C(=O)NO)cc2)cc1)Cc1cccc(F)c1. The number of anilines is 1. The molecule has 196 valence electrons. The normalized spacial score (nSPS) is 11.2. The van der Waals surface area contributed by atoms with Crippen LogP contribution in [0.1, 0.15) is 27.0 Å². The van der Waals surface area contributed by atoms with Crippen LogP contribution in [0, 0.1) is 17.7 Å². The highest BCUT2D eigenvalue weighted by Crippen LogP contribution is 2.11. The lowest BCUT2D eigenvalue weighted by molar-refractivity contribution is -0.130. The maximum Gasteiger partial charge on any atom is 0.267 e. The molecule has 0 aromatic heterocycles. The fourth-order valence-electron chi connectivity index (χ4n) is 3.49. The molecule has 0 saturated carbocycles. The van der Waals surface area contributed by atoms with Gasteiger partial charge in [-0.2, -0.15) is 0 Å². The van der Waals surface area contributed by atoms with Gasteiger partial charge in [-0.1, -0.05) is 24.0 Å². The summed E-state index contributed by atoms with van der Waals surface area (Å²) in [4.78, 5) is 37.9. The first-order chi connectivity index (χ1) is 18.3. The Bertz CT molecular complexity index is 1330. The van der Waals surface area contributed by atoms with Gasteiger partial charge in [0.2, 0.25) is 5.91 Å². The molecule has 3 amide bonds. The summed E-state index contributed by atoms with van der Waals surface area (Å²) in [5.41, 5.74) is 10.0. The molecule has 3 rings (SSSR count). The van der Waals surface area contributed by atoms with Gasteiger partial charge in [0.05, 0.1) is 6.54 Å². The molecule has 3 aromatic carbocycles. The number of benzene rings is 3. The molecule has 0 bridgehead atoms. The van der Waals surface area contributed by atoms with Crippen molar-refractivity contribution in [3.8, 4) is 11.8 Å². The van der Waals surface area contributed by atoms with Crippen LogP contribution in [0.3, 0.4) is 0 Å². The lowest BCUT2D eigenvalue weighted by Crippen LogP contribution is -2.50. The van der Waals surface area contributed by atoms with E-state index < -0.39 is 17.9 Å². The molecular formula is C28H28FN5O4. The quantitative estimate of drug-likeness (QED) is 0.167. The van der Waals surface area contributed by atoms with Crippen molar-refractivity contribution < 1.29 is 24.0 Å². The van der Waals surface area contributed by atoms with Crippen molar-refractivity contribution in [2.45, 2.75) is 12.6 Å². The van der Waals surface area contributed by atoms with E-state index in [0.29, 0.717) is 23.4 Å². The zero-order valence-corrected chi connectivity index (χ0v) is 20.7. The minimum atomic E-state index is -1.05. The smallest absolute Gasteiger partial charge is 0.267 e. The Morgan fingerprint density at radius 1 is 1.00 bits per heavy atom. The Balaban J connectivity index is 1.52. The van der Waals surface area contributed by atoms with Gasteiger partial charge in [-0.25, -0.2) is 9.87 Å². The van der Waals surface area contributed by atoms with Gasteiger partial charge in [0.15, 0.2) is 0 Å². The van der Waals surface area contributed by atoms with Gasteiger partial charge in [-0.05, 0) is 73.3 Å². The molecule has 38 heavy (non-hydrogen) atoms. The van der Waals surface area contributed by atoms with E-state index in [2.05, 4.69) is 22.5 Å². The minimum absolute atomic E-state index is 0.146. The van der Waals surface area contributed by atoms with Crippen molar-refractivity contribution >= 4 is 23.4 Å². The van der Waals surface area contributed by atoms with Gasteiger partial charge in [0.25, 0.3) is 11.8 Å². The highest BCUT2D eigenvalue weighted by atomic mass is 19.1. The highest BCUT2D eigenvalue weighted by molar-refractivity contribution is 5.97. The standard InChI is InChI=1S/C28H28FN5O4/c1-34(17-21-3-2-4-23(29)15-21)18-26(35)31-24-13-9-20(10-14-24)6-5-19-7-11-22(12-8-19)27(36)32-25(16-30)28(37)33-38/h2-4,7-15,25,38H,16-18,30H2,1H3,(H,31,35)(H,32,36)(H,33,37)/t25-/m0/s1. The topological polar surface area (TPSA) is 137 Å². The fourth-order valence-corrected chi connectivity index (χ4v) is 3.49. The zero-order valence-electron chi connectivity index (χ0n) is 20.7. The monoisotopic (exact) mass is 517 g/mol. The van der Waals surface area contributed by atoms with Crippen molar-refractivity contribution in [3.05, 3.63) is 101 Å². The molecule has 0 fully saturated rings. The second kappa shape index (κ2) is 13.7. The predicted molar refractivity (Wildman–Crippen MR) is 140 cm³/mol. The van der Waals surface area contributed by atoms with Gasteiger partial charge in [0, 0.05) is 35.5 Å². The second-order valence-electron chi connectivity index (χ2n) is 8.49. The van der Waals surface area contributed by atoms with Crippen molar-refractivity contribution in [2.75, 3.05) is 25.5 Å². The molecular weight excluding hydrogens is 489 g/mol. The molecule has 0 spiro atoms. The Kier molecular flexibility index (Phi) is 10.1. The van der Waals surface area contributed by atoms with Crippen molar-refractivity contribution in [3.63, 3.8) is 0 Å². The van der Waals surface area contributed by atoms with Crippen LogP contribution in [0.4, 0.5) is 10.1 Å². The van der Waals surface area contributed by atoms with E-state index in [1.165, 1.54) is 17.6 Å². The van der Waals surface area contributed by atoms with E-state index >= 15 is 0 Å². The summed E-state index contributed by atoms with van der Waals surface area (Å²) in [5.74, 6) is 4.20. The Morgan fingerprint density at radius 2 is 1.63 bits per heavy atom. The fraction of sp³-hybridized carbons (Fsp3) is 0.179. The molecule has 9 nitrogen and oxygen atoms in total.